The predicted molar refractivity (Wildman–Crippen MR) is 68.0 cm³/mol. The summed E-state index contributed by atoms with van der Waals surface area (Å²) in [7, 11) is 1.29. The number of methoxy groups -OCH3 is 1. The first-order valence-corrected chi connectivity index (χ1v) is 6.53. The molecule has 2 heterocycles. The van der Waals surface area contributed by atoms with Crippen molar-refractivity contribution in [3.8, 4) is 0 Å². The molecule has 1 aromatic heterocycles. The Morgan fingerprint density at radius 1 is 1.63 bits per heavy atom. The van der Waals surface area contributed by atoms with Crippen molar-refractivity contribution in [2.24, 2.45) is 0 Å². The van der Waals surface area contributed by atoms with E-state index in [9.17, 15) is 14.4 Å². The fourth-order valence-corrected chi connectivity index (χ4v) is 2.75. The lowest BCUT2D eigenvalue weighted by molar-refractivity contribution is -0.132. The summed E-state index contributed by atoms with van der Waals surface area (Å²) in [6.45, 7) is 1.90. The van der Waals surface area contributed by atoms with Gasteiger partial charge in [0.15, 0.2) is 5.13 Å². The van der Waals surface area contributed by atoms with E-state index in [1.807, 2.05) is 6.92 Å². The molecule has 1 aliphatic rings. The SMILES string of the molecule is CCC1C(=O)NC(=O)CN1c1ncc(C(=O)OC)s1. The first-order valence-electron chi connectivity index (χ1n) is 5.71. The van der Waals surface area contributed by atoms with Gasteiger partial charge < -0.3 is 9.64 Å². The average Bonchev–Trinajstić information content (AvgIpc) is 2.86. The van der Waals surface area contributed by atoms with Gasteiger partial charge in [0.05, 0.1) is 13.3 Å². The Morgan fingerprint density at radius 2 is 2.37 bits per heavy atom. The van der Waals surface area contributed by atoms with Crippen LogP contribution in [0.25, 0.3) is 0 Å². The quantitative estimate of drug-likeness (QED) is 0.628. The number of nitrogens with one attached hydrogen (secondary N) is 1. The number of hydrogen-bond donors (Lipinski definition) is 1. The van der Waals surface area contributed by atoms with E-state index in [1.54, 1.807) is 4.90 Å². The van der Waals surface area contributed by atoms with Crippen molar-refractivity contribution in [2.75, 3.05) is 18.6 Å². The van der Waals surface area contributed by atoms with Crippen molar-refractivity contribution in [1.82, 2.24) is 10.3 Å². The lowest BCUT2D eigenvalue weighted by atomic mass is 10.1. The Hall–Kier alpha value is -1.96. The fourth-order valence-electron chi connectivity index (χ4n) is 1.87. The minimum absolute atomic E-state index is 0.0539. The minimum Gasteiger partial charge on any atom is -0.465 e. The van der Waals surface area contributed by atoms with E-state index in [0.29, 0.717) is 16.4 Å². The van der Waals surface area contributed by atoms with Crippen LogP contribution in [0.4, 0.5) is 5.13 Å². The smallest absolute Gasteiger partial charge is 0.349 e. The highest BCUT2D eigenvalue weighted by molar-refractivity contribution is 7.17. The van der Waals surface area contributed by atoms with Gasteiger partial charge in [-0.2, -0.15) is 0 Å². The van der Waals surface area contributed by atoms with Gasteiger partial charge in [0.1, 0.15) is 17.5 Å². The van der Waals surface area contributed by atoms with Crippen LogP contribution in [-0.4, -0.2) is 42.5 Å². The van der Waals surface area contributed by atoms with Crippen molar-refractivity contribution in [2.45, 2.75) is 19.4 Å². The summed E-state index contributed by atoms with van der Waals surface area (Å²) in [5.74, 6) is -1.19. The third kappa shape index (κ3) is 2.58. The number of rotatable bonds is 3. The van der Waals surface area contributed by atoms with E-state index >= 15 is 0 Å². The molecule has 102 valence electrons. The summed E-state index contributed by atoms with van der Waals surface area (Å²) in [4.78, 5) is 40.6. The molecule has 1 aromatic rings. The molecule has 0 bridgehead atoms. The molecular formula is C11H13N3O4S. The molecule has 1 N–H and O–H groups in total. The van der Waals surface area contributed by atoms with Crippen LogP contribution in [0.15, 0.2) is 6.20 Å². The Balaban J connectivity index is 2.27. The number of amides is 2. The van der Waals surface area contributed by atoms with Crippen LogP contribution in [0.3, 0.4) is 0 Å². The second kappa shape index (κ2) is 5.35. The number of imide groups is 1. The molecular weight excluding hydrogens is 270 g/mol. The molecule has 0 aromatic carbocycles. The highest BCUT2D eigenvalue weighted by Crippen LogP contribution is 2.26. The molecule has 1 saturated heterocycles. The molecule has 0 radical (unpaired) electrons. The maximum absolute atomic E-state index is 11.7. The summed E-state index contributed by atoms with van der Waals surface area (Å²) in [5.41, 5.74) is 0. The topological polar surface area (TPSA) is 88.6 Å². The summed E-state index contributed by atoms with van der Waals surface area (Å²) < 4.78 is 4.60. The normalized spacial score (nSPS) is 19.3. The number of anilines is 1. The van der Waals surface area contributed by atoms with Crippen molar-refractivity contribution >= 4 is 34.3 Å². The highest BCUT2D eigenvalue weighted by Gasteiger charge is 2.34. The summed E-state index contributed by atoms with van der Waals surface area (Å²) in [6.07, 6.45) is 1.93. The van der Waals surface area contributed by atoms with Crippen LogP contribution >= 0.6 is 11.3 Å². The van der Waals surface area contributed by atoms with Gasteiger partial charge in [-0.15, -0.1) is 0 Å². The zero-order valence-corrected chi connectivity index (χ0v) is 11.3. The molecule has 0 aliphatic carbocycles. The van der Waals surface area contributed by atoms with E-state index in [0.717, 1.165) is 11.3 Å². The molecule has 1 fully saturated rings. The van der Waals surface area contributed by atoms with Crippen LogP contribution in [0.5, 0.6) is 0 Å². The highest BCUT2D eigenvalue weighted by atomic mass is 32.1. The molecule has 0 saturated carbocycles. The van der Waals surface area contributed by atoms with E-state index in [4.69, 9.17) is 0 Å². The number of carbonyl (C=O) groups excluding carboxylic acids is 3. The van der Waals surface area contributed by atoms with Crippen molar-refractivity contribution in [1.29, 1.82) is 0 Å². The number of carbonyl (C=O) groups is 3. The van der Waals surface area contributed by atoms with E-state index in [1.165, 1.54) is 13.3 Å². The largest absolute Gasteiger partial charge is 0.465 e. The van der Waals surface area contributed by atoms with Gasteiger partial charge in [-0.3, -0.25) is 14.9 Å². The Kier molecular flexibility index (Phi) is 3.79. The molecule has 2 amide bonds. The lowest BCUT2D eigenvalue weighted by Gasteiger charge is -2.32. The standard InChI is InChI=1S/C11H13N3O4S/c1-3-6-9(16)13-8(15)5-14(6)11-12-4-7(19-11)10(17)18-2/h4,6H,3,5H2,1-2H3,(H,13,15,16). The zero-order valence-electron chi connectivity index (χ0n) is 10.5. The number of aromatic nitrogens is 1. The van der Waals surface area contributed by atoms with Crippen molar-refractivity contribution in [3.63, 3.8) is 0 Å². The van der Waals surface area contributed by atoms with Crippen LogP contribution in [0, 0.1) is 0 Å². The van der Waals surface area contributed by atoms with Crippen molar-refractivity contribution in [3.05, 3.63) is 11.1 Å². The van der Waals surface area contributed by atoms with Crippen LogP contribution in [0.1, 0.15) is 23.0 Å². The molecule has 1 unspecified atom stereocenters. The maximum atomic E-state index is 11.7. The number of hydrogen-bond acceptors (Lipinski definition) is 7. The van der Waals surface area contributed by atoms with Gasteiger partial charge in [0.25, 0.3) is 0 Å². The third-order valence-electron chi connectivity index (χ3n) is 2.77. The first kappa shape index (κ1) is 13.5. The van der Waals surface area contributed by atoms with Gasteiger partial charge in [-0.05, 0) is 6.42 Å². The minimum atomic E-state index is -0.482. The molecule has 1 atom stereocenters. The van der Waals surface area contributed by atoms with E-state index in [2.05, 4.69) is 15.0 Å². The van der Waals surface area contributed by atoms with Gasteiger partial charge in [-0.25, -0.2) is 9.78 Å². The molecule has 0 spiro atoms. The molecule has 1 aliphatic heterocycles. The molecule has 19 heavy (non-hydrogen) atoms. The number of nitrogens with zero attached hydrogens (tertiary/aromatic N) is 2. The van der Waals surface area contributed by atoms with Gasteiger partial charge in [0.2, 0.25) is 11.8 Å². The van der Waals surface area contributed by atoms with Crippen LogP contribution in [0.2, 0.25) is 0 Å². The number of thiazole rings is 1. The summed E-state index contributed by atoms with van der Waals surface area (Å²) >= 11 is 1.10. The number of esters is 1. The van der Waals surface area contributed by atoms with Gasteiger partial charge in [0, 0.05) is 0 Å². The first-order chi connectivity index (χ1) is 9.06. The monoisotopic (exact) mass is 283 g/mol. The summed E-state index contributed by atoms with van der Waals surface area (Å²) in [5, 5.41) is 2.75. The Morgan fingerprint density at radius 3 is 3.00 bits per heavy atom. The number of piperazine rings is 1. The molecule has 7 nitrogen and oxygen atoms in total. The molecule has 8 heteroatoms. The lowest BCUT2D eigenvalue weighted by Crippen LogP contribution is -2.58. The zero-order chi connectivity index (χ0) is 14.0. The Bertz CT molecular complexity index is 528. The third-order valence-corrected chi connectivity index (χ3v) is 3.78. The second-order valence-corrected chi connectivity index (χ2v) is 4.97. The van der Waals surface area contributed by atoms with Crippen LogP contribution in [-0.2, 0) is 14.3 Å². The predicted octanol–water partition coefficient (Wildman–Crippen LogP) is 0.171. The van der Waals surface area contributed by atoms with Gasteiger partial charge >= 0.3 is 5.97 Å². The van der Waals surface area contributed by atoms with E-state index < -0.39 is 12.0 Å². The summed E-state index contributed by atoms with van der Waals surface area (Å²) in [6, 6.07) is -0.450. The second-order valence-electron chi connectivity index (χ2n) is 3.96. The maximum Gasteiger partial charge on any atom is 0.349 e. The number of ether oxygens (including phenoxy) is 1. The van der Waals surface area contributed by atoms with Gasteiger partial charge in [-0.1, -0.05) is 18.3 Å². The molecule has 2 rings (SSSR count). The van der Waals surface area contributed by atoms with E-state index in [-0.39, 0.29) is 18.4 Å². The Labute approximate surface area is 113 Å². The average molecular weight is 283 g/mol. The fraction of sp³-hybridized carbons (Fsp3) is 0.455. The van der Waals surface area contributed by atoms with Crippen LogP contribution < -0.4 is 10.2 Å². The van der Waals surface area contributed by atoms with Crippen molar-refractivity contribution < 1.29 is 19.1 Å².